The van der Waals surface area contributed by atoms with Gasteiger partial charge in [0.15, 0.2) is 0 Å². The molecule has 0 N–H and O–H groups in total. The predicted molar refractivity (Wildman–Crippen MR) is 48.4 cm³/mol. The minimum atomic E-state index is 0. The summed E-state index contributed by atoms with van der Waals surface area (Å²) in [4.78, 5) is 0. The van der Waals surface area contributed by atoms with Crippen molar-refractivity contribution in [2.45, 2.75) is 18.9 Å². The Hall–Kier alpha value is 0.697. The van der Waals surface area contributed by atoms with E-state index in [0.717, 1.165) is 0 Å². The Kier molecular flexibility index (Phi) is 3.44. The Morgan fingerprint density at radius 1 is 1.56 bits per heavy atom. The average molecular weight is 148 g/mol. The van der Waals surface area contributed by atoms with Crippen LogP contribution in [0.15, 0.2) is 23.8 Å². The molecule has 0 aromatic heterocycles. The van der Waals surface area contributed by atoms with Crippen LogP contribution in [0.1, 0.15) is 13.8 Å². The summed E-state index contributed by atoms with van der Waals surface area (Å²) in [6.07, 6.45) is 6.64. The molecular weight excluding hydrogens is 135 g/mol. The van der Waals surface area contributed by atoms with E-state index in [9.17, 15) is 0 Å². The van der Waals surface area contributed by atoms with E-state index < -0.39 is 0 Å². The van der Waals surface area contributed by atoms with Crippen molar-refractivity contribution in [3.63, 3.8) is 0 Å². The van der Waals surface area contributed by atoms with Gasteiger partial charge in [-0.2, -0.15) is 0 Å². The first kappa shape index (κ1) is 9.70. The van der Waals surface area contributed by atoms with Gasteiger partial charge in [-0.15, -0.1) is 0 Å². The van der Waals surface area contributed by atoms with Crippen molar-refractivity contribution < 1.29 is 0 Å². The van der Waals surface area contributed by atoms with Crippen molar-refractivity contribution in [2.75, 3.05) is 0 Å². The third-order valence-corrected chi connectivity index (χ3v) is 3.00. The van der Waals surface area contributed by atoms with Crippen molar-refractivity contribution in [2.24, 2.45) is 0 Å². The maximum atomic E-state index is 2.29. The molecule has 0 saturated carbocycles. The van der Waals surface area contributed by atoms with Crippen LogP contribution in [0.3, 0.4) is 0 Å². The molecule has 0 aliphatic heterocycles. The summed E-state index contributed by atoms with van der Waals surface area (Å²) >= 11 is 0. The number of hydrogen-bond acceptors (Lipinski definition) is 0. The molecule has 1 aliphatic carbocycles. The second-order valence-electron chi connectivity index (χ2n) is 2.93. The zero-order valence-corrected chi connectivity index (χ0v) is 7.73. The quantitative estimate of drug-likeness (QED) is 0.436. The third kappa shape index (κ3) is 2.08. The zero-order valence-electron chi connectivity index (χ0n) is 5.73. The first-order valence-corrected chi connectivity index (χ1v) is 3.99. The third-order valence-electron chi connectivity index (χ3n) is 1.88. The molecule has 0 fully saturated rings. The Bertz CT molecular complexity index is 156. The summed E-state index contributed by atoms with van der Waals surface area (Å²) < 4.78 is 0. The van der Waals surface area contributed by atoms with E-state index in [4.69, 9.17) is 0 Å². The molecule has 0 saturated heterocycles. The Morgan fingerprint density at radius 2 is 2.11 bits per heavy atom. The van der Waals surface area contributed by atoms with Crippen LogP contribution in [0.4, 0.5) is 0 Å². The molecule has 1 unspecified atom stereocenters. The second-order valence-corrected chi connectivity index (χ2v) is 5.01. The number of allylic oxidation sites excluding steroid dienone is 4. The summed E-state index contributed by atoms with van der Waals surface area (Å²) in [6.45, 7) is 4.49. The van der Waals surface area contributed by atoms with Crippen LogP contribution < -0.4 is 0 Å². The van der Waals surface area contributed by atoms with Crippen LogP contribution in [0.5, 0.6) is 0 Å². The molecule has 1 aliphatic rings. The average Bonchev–Trinajstić information content (AvgIpc) is 1.86. The van der Waals surface area contributed by atoms with Crippen LogP contribution in [0, 0.1) is 0 Å². The zero-order chi connectivity index (χ0) is 6.20. The van der Waals surface area contributed by atoms with Gasteiger partial charge in [0.05, 0.1) is 0 Å². The topological polar surface area (TPSA) is 0 Å². The molecule has 0 radical (unpaired) electrons. The van der Waals surface area contributed by atoms with Crippen molar-refractivity contribution in [1.29, 1.82) is 0 Å². The monoisotopic (exact) mass is 148 g/mol. The summed E-state index contributed by atoms with van der Waals surface area (Å²) in [7, 11) is 1.24. The molecule has 1 atom stereocenters. The summed E-state index contributed by atoms with van der Waals surface area (Å²) in [6, 6.07) is 0. The fraction of sp³-hybridized carbons (Fsp3) is 0.429. The molecule has 0 heterocycles. The van der Waals surface area contributed by atoms with E-state index in [2.05, 4.69) is 32.1 Å². The molecule has 1 rings (SSSR count). The van der Waals surface area contributed by atoms with Gasteiger partial charge in [-0.05, 0) is 12.0 Å². The van der Waals surface area contributed by atoms with E-state index in [1.54, 1.807) is 0 Å². The van der Waals surface area contributed by atoms with Crippen molar-refractivity contribution in [3.05, 3.63) is 23.8 Å². The molecule has 0 aromatic rings. The van der Waals surface area contributed by atoms with Crippen molar-refractivity contribution in [3.8, 4) is 0 Å². The van der Waals surface area contributed by atoms with E-state index in [0.29, 0.717) is 5.04 Å². The standard InChI is InChI=1S/C7H12Si.Na.H/c1-6-4-3-5-7(6,2)8;;/h3-5H,1-2,8H3;;. The molecule has 0 aromatic carbocycles. The molecule has 0 nitrogen and oxygen atoms in total. The Labute approximate surface area is 82.1 Å². The molecule has 2 heteroatoms. The molecule has 9 heavy (non-hydrogen) atoms. The fourth-order valence-corrected chi connectivity index (χ4v) is 1.14. The summed E-state index contributed by atoms with van der Waals surface area (Å²) in [5.74, 6) is 0. The molecule has 0 bridgehead atoms. The minimum absolute atomic E-state index is 0. The van der Waals surface area contributed by atoms with Gasteiger partial charge in [0.2, 0.25) is 0 Å². The van der Waals surface area contributed by atoms with Gasteiger partial charge in [-0.1, -0.05) is 30.7 Å². The van der Waals surface area contributed by atoms with Gasteiger partial charge in [-0.3, -0.25) is 0 Å². The number of rotatable bonds is 0. The summed E-state index contributed by atoms with van der Waals surface area (Å²) in [5, 5.41) is 0.472. The fourth-order valence-electron chi connectivity index (χ4n) is 0.779. The van der Waals surface area contributed by atoms with Crippen LogP contribution >= 0.6 is 0 Å². The first-order chi connectivity index (χ1) is 3.63. The van der Waals surface area contributed by atoms with Gasteiger partial charge in [-0.25, -0.2) is 0 Å². The van der Waals surface area contributed by atoms with E-state index in [-0.39, 0.29) is 29.6 Å². The first-order valence-electron chi connectivity index (χ1n) is 2.99. The normalized spacial score (nSPS) is 32.0. The van der Waals surface area contributed by atoms with Crippen LogP contribution in [0.2, 0.25) is 5.04 Å². The van der Waals surface area contributed by atoms with Gasteiger partial charge in [0.25, 0.3) is 0 Å². The summed E-state index contributed by atoms with van der Waals surface area (Å²) in [5.41, 5.74) is 1.52. The van der Waals surface area contributed by atoms with Crippen molar-refractivity contribution in [1.82, 2.24) is 0 Å². The molecule has 46 valence electrons. The second kappa shape index (κ2) is 3.20. The molecule has 0 amide bonds. The predicted octanol–water partition coefficient (Wildman–Crippen LogP) is 0.398. The van der Waals surface area contributed by atoms with E-state index >= 15 is 0 Å². The van der Waals surface area contributed by atoms with E-state index in [1.165, 1.54) is 15.8 Å². The van der Waals surface area contributed by atoms with E-state index in [1.807, 2.05) is 0 Å². The SMILES string of the molecule is CC1=CC=CC1(C)[SiH3].[NaH]. The van der Waals surface area contributed by atoms with Gasteiger partial charge in [0, 0.05) is 10.2 Å². The van der Waals surface area contributed by atoms with Gasteiger partial charge < -0.3 is 0 Å². The van der Waals surface area contributed by atoms with Crippen LogP contribution in [-0.4, -0.2) is 39.8 Å². The number of hydrogen-bond donors (Lipinski definition) is 0. The van der Waals surface area contributed by atoms with Gasteiger partial charge >= 0.3 is 29.6 Å². The maximum absolute atomic E-state index is 2.29. The molecular formula is C7H13NaSi. The molecule has 0 spiro atoms. The Balaban J connectivity index is 0.000000640. The van der Waals surface area contributed by atoms with Crippen LogP contribution in [-0.2, 0) is 0 Å². The Morgan fingerprint density at radius 3 is 2.22 bits per heavy atom. The van der Waals surface area contributed by atoms with Gasteiger partial charge in [0.1, 0.15) is 0 Å². The van der Waals surface area contributed by atoms with Crippen molar-refractivity contribution >= 4 is 39.8 Å². The van der Waals surface area contributed by atoms with Crippen LogP contribution in [0.25, 0.3) is 0 Å².